The van der Waals surface area contributed by atoms with E-state index in [1.807, 2.05) is 13.0 Å². The van der Waals surface area contributed by atoms with Gasteiger partial charge >= 0.3 is 0 Å². The van der Waals surface area contributed by atoms with Gasteiger partial charge in [-0.15, -0.1) is 0 Å². The summed E-state index contributed by atoms with van der Waals surface area (Å²) in [5.41, 5.74) is 5.00. The van der Waals surface area contributed by atoms with Crippen LogP contribution in [0.5, 0.6) is 0 Å². The van der Waals surface area contributed by atoms with Crippen LogP contribution in [0.4, 0.5) is 0 Å². The third kappa shape index (κ3) is 5.04. The Morgan fingerprint density at radius 2 is 2.00 bits per heavy atom. The van der Waals surface area contributed by atoms with E-state index in [2.05, 4.69) is 61.7 Å². The van der Waals surface area contributed by atoms with E-state index in [1.165, 1.54) is 29.5 Å². The number of benzene rings is 1. The fourth-order valence-electron chi connectivity index (χ4n) is 4.07. The number of aliphatic hydroxyl groups is 1. The number of hydrogen-bond acceptors (Lipinski definition) is 3. The predicted octanol–water partition coefficient (Wildman–Crippen LogP) is 5.42. The van der Waals surface area contributed by atoms with Gasteiger partial charge in [0.05, 0.1) is 12.4 Å². The van der Waals surface area contributed by atoms with Crippen molar-refractivity contribution in [1.82, 2.24) is 4.90 Å². The van der Waals surface area contributed by atoms with Crippen LogP contribution in [-0.4, -0.2) is 46.0 Å². The monoisotopic (exact) mass is 410 g/mol. The highest BCUT2D eigenvalue weighted by Crippen LogP contribution is 2.49. The van der Waals surface area contributed by atoms with Crippen LogP contribution >= 0.6 is 11.8 Å². The standard InChI is InChI=1S/C25H34N2OS/c1-5-6-7-22(19(2)3)20-8-10-21(11-9-20)25(12-13-25)17-27-14-15-29-24(4,18-28)16-23(27)26/h5-11,26,28H,2,12-18H2,1,3-4H3/b6-5-,22-7+,26-23?. The van der Waals surface area contributed by atoms with Crippen LogP contribution < -0.4 is 0 Å². The molecule has 3 rings (SSSR count). The summed E-state index contributed by atoms with van der Waals surface area (Å²) < 4.78 is -0.220. The van der Waals surface area contributed by atoms with Gasteiger partial charge in [-0.25, -0.2) is 0 Å². The molecule has 0 bridgehead atoms. The molecule has 1 saturated carbocycles. The maximum atomic E-state index is 9.72. The average molecular weight is 411 g/mol. The molecule has 1 aromatic carbocycles. The summed E-state index contributed by atoms with van der Waals surface area (Å²) in [6, 6.07) is 8.96. The van der Waals surface area contributed by atoms with Gasteiger partial charge in [0.1, 0.15) is 0 Å². The zero-order chi connectivity index (χ0) is 21.1. The molecule has 1 heterocycles. The third-order valence-electron chi connectivity index (χ3n) is 6.14. The van der Waals surface area contributed by atoms with Crippen LogP contribution in [0.3, 0.4) is 0 Å². The zero-order valence-electron chi connectivity index (χ0n) is 18.0. The lowest BCUT2D eigenvalue weighted by Crippen LogP contribution is -2.39. The van der Waals surface area contributed by atoms with Crippen molar-refractivity contribution in [3.05, 3.63) is 65.8 Å². The summed E-state index contributed by atoms with van der Waals surface area (Å²) in [6.45, 7) is 12.2. The largest absolute Gasteiger partial charge is 0.395 e. The molecule has 0 amide bonds. The summed E-state index contributed by atoms with van der Waals surface area (Å²) in [7, 11) is 0. The minimum absolute atomic E-state index is 0.131. The molecule has 1 aliphatic carbocycles. The van der Waals surface area contributed by atoms with Gasteiger partial charge in [-0.05, 0) is 50.3 Å². The fourth-order valence-corrected chi connectivity index (χ4v) is 5.20. The van der Waals surface area contributed by atoms with Crippen molar-refractivity contribution in [3.8, 4) is 0 Å². The number of allylic oxidation sites excluding steroid dienone is 5. The predicted molar refractivity (Wildman–Crippen MR) is 127 cm³/mol. The third-order valence-corrected chi connectivity index (χ3v) is 7.50. The Kier molecular flexibility index (Phi) is 6.75. The van der Waals surface area contributed by atoms with Crippen molar-refractivity contribution >= 4 is 23.2 Å². The lowest BCUT2D eigenvalue weighted by molar-refractivity contribution is 0.257. The lowest BCUT2D eigenvalue weighted by Gasteiger charge is -2.30. The van der Waals surface area contributed by atoms with Gasteiger partial charge in [-0.3, -0.25) is 5.41 Å². The SMILES string of the molecule is C=C(C)/C(=C\C=C/C)c1ccc(C2(CN3CCSC(C)(CO)CC3=N)CC2)cc1. The van der Waals surface area contributed by atoms with E-state index in [1.54, 1.807) is 11.8 Å². The first kappa shape index (κ1) is 21.9. The summed E-state index contributed by atoms with van der Waals surface area (Å²) >= 11 is 1.80. The van der Waals surface area contributed by atoms with Crippen LogP contribution in [0.1, 0.15) is 51.2 Å². The normalized spacial score (nSPS) is 24.6. The van der Waals surface area contributed by atoms with Crippen molar-refractivity contribution in [2.24, 2.45) is 0 Å². The summed E-state index contributed by atoms with van der Waals surface area (Å²) in [5, 5.41) is 18.3. The molecule has 0 spiro atoms. The molecule has 2 N–H and O–H groups in total. The smallest absolute Gasteiger partial charge is 0.0973 e. The molecule has 4 heteroatoms. The Bertz CT molecular complexity index is 820. The van der Waals surface area contributed by atoms with Gasteiger partial charge in [-0.1, -0.05) is 54.6 Å². The molecule has 29 heavy (non-hydrogen) atoms. The molecule has 1 aliphatic heterocycles. The van der Waals surface area contributed by atoms with E-state index in [9.17, 15) is 5.11 Å². The molecule has 156 valence electrons. The first-order valence-electron chi connectivity index (χ1n) is 10.5. The van der Waals surface area contributed by atoms with Gasteiger partial charge in [-0.2, -0.15) is 11.8 Å². The molecule has 0 radical (unpaired) electrons. The van der Waals surface area contributed by atoms with Gasteiger partial charge < -0.3 is 10.0 Å². The quantitative estimate of drug-likeness (QED) is 0.590. The number of rotatable bonds is 7. The number of amidine groups is 1. The van der Waals surface area contributed by atoms with Gasteiger partial charge in [0, 0.05) is 35.4 Å². The van der Waals surface area contributed by atoms with Crippen LogP contribution in [0.15, 0.2) is 54.6 Å². The fraction of sp³-hybridized carbons (Fsp3) is 0.480. The van der Waals surface area contributed by atoms with Crippen molar-refractivity contribution in [2.75, 3.05) is 25.4 Å². The molecule has 2 aliphatic rings. The highest BCUT2D eigenvalue weighted by molar-refractivity contribution is 8.00. The summed E-state index contributed by atoms with van der Waals surface area (Å²) in [4.78, 5) is 2.25. The maximum Gasteiger partial charge on any atom is 0.0973 e. The van der Waals surface area contributed by atoms with E-state index < -0.39 is 0 Å². The Morgan fingerprint density at radius 1 is 1.31 bits per heavy atom. The first-order chi connectivity index (χ1) is 13.8. The highest BCUT2D eigenvalue weighted by Gasteiger charge is 2.46. The maximum absolute atomic E-state index is 9.72. The molecule has 1 aromatic rings. The second-order valence-corrected chi connectivity index (χ2v) is 10.4. The first-order valence-corrected chi connectivity index (χ1v) is 11.5. The Hall–Kier alpha value is -1.78. The molecule has 0 aromatic heterocycles. The lowest BCUT2D eigenvalue weighted by atomic mass is 9.91. The molecule has 1 saturated heterocycles. The van der Waals surface area contributed by atoms with Gasteiger partial charge in [0.2, 0.25) is 0 Å². The number of nitrogens with one attached hydrogen (secondary N) is 1. The van der Waals surface area contributed by atoms with Crippen LogP contribution in [0, 0.1) is 5.41 Å². The Morgan fingerprint density at radius 3 is 2.55 bits per heavy atom. The number of aliphatic hydroxyl groups excluding tert-OH is 1. The second kappa shape index (κ2) is 8.93. The highest BCUT2D eigenvalue weighted by atomic mass is 32.2. The van der Waals surface area contributed by atoms with Crippen LogP contribution in [0.25, 0.3) is 5.57 Å². The van der Waals surface area contributed by atoms with E-state index in [0.29, 0.717) is 12.3 Å². The van der Waals surface area contributed by atoms with Crippen molar-refractivity contribution in [1.29, 1.82) is 5.41 Å². The number of hydrogen-bond donors (Lipinski definition) is 2. The summed E-state index contributed by atoms with van der Waals surface area (Å²) in [5.74, 6) is 1.64. The second-order valence-electron chi connectivity index (χ2n) is 8.75. The number of thioether (sulfide) groups is 1. The van der Waals surface area contributed by atoms with Crippen molar-refractivity contribution in [2.45, 2.75) is 50.2 Å². The molecule has 3 nitrogen and oxygen atoms in total. The molecular weight excluding hydrogens is 376 g/mol. The topological polar surface area (TPSA) is 47.3 Å². The minimum atomic E-state index is -0.220. The van der Waals surface area contributed by atoms with Crippen molar-refractivity contribution in [3.63, 3.8) is 0 Å². The van der Waals surface area contributed by atoms with Crippen LogP contribution in [0.2, 0.25) is 0 Å². The van der Waals surface area contributed by atoms with E-state index >= 15 is 0 Å². The molecule has 2 fully saturated rings. The van der Waals surface area contributed by atoms with Crippen molar-refractivity contribution < 1.29 is 5.11 Å². The van der Waals surface area contributed by atoms with E-state index in [4.69, 9.17) is 5.41 Å². The minimum Gasteiger partial charge on any atom is -0.395 e. The Balaban J connectivity index is 1.75. The zero-order valence-corrected chi connectivity index (χ0v) is 18.8. The molecular formula is C25H34N2OS. The Labute approximate surface area is 180 Å². The number of nitrogens with zero attached hydrogens (tertiary/aromatic N) is 1. The average Bonchev–Trinajstić information content (AvgIpc) is 3.49. The van der Waals surface area contributed by atoms with E-state index in [-0.39, 0.29) is 16.8 Å². The molecule has 1 unspecified atom stereocenters. The van der Waals surface area contributed by atoms with Crippen LogP contribution in [-0.2, 0) is 5.41 Å². The molecule has 1 atom stereocenters. The summed E-state index contributed by atoms with van der Waals surface area (Å²) in [6.07, 6.45) is 9.22. The van der Waals surface area contributed by atoms with Gasteiger partial charge in [0.25, 0.3) is 0 Å². The van der Waals surface area contributed by atoms with E-state index in [0.717, 1.165) is 24.4 Å². The van der Waals surface area contributed by atoms with Gasteiger partial charge in [0.15, 0.2) is 0 Å².